The van der Waals surface area contributed by atoms with Crippen LogP contribution >= 0.6 is 0 Å². The van der Waals surface area contributed by atoms with Gasteiger partial charge in [-0.2, -0.15) is 0 Å². The molecule has 0 spiro atoms. The summed E-state index contributed by atoms with van der Waals surface area (Å²) in [7, 11) is 0. The maximum absolute atomic E-state index is 12.0. The molecular weight excluding hydrogens is 228 g/mol. The van der Waals surface area contributed by atoms with Gasteiger partial charge in [-0.1, -0.05) is 6.92 Å². The molecule has 1 aliphatic heterocycles. The third kappa shape index (κ3) is 5.71. The summed E-state index contributed by atoms with van der Waals surface area (Å²) in [5.41, 5.74) is -0.398. The van der Waals surface area contributed by atoms with Crippen molar-refractivity contribution in [2.24, 2.45) is 5.92 Å². The summed E-state index contributed by atoms with van der Waals surface area (Å²) in [6, 6.07) is 0. The summed E-state index contributed by atoms with van der Waals surface area (Å²) in [5, 5.41) is 3.43. The highest BCUT2D eigenvalue weighted by molar-refractivity contribution is 5.68. The average molecular weight is 256 g/mol. The largest absolute Gasteiger partial charge is 0.444 e. The highest BCUT2D eigenvalue weighted by Crippen LogP contribution is 2.18. The zero-order valence-corrected chi connectivity index (χ0v) is 12.3. The minimum Gasteiger partial charge on any atom is -0.444 e. The van der Waals surface area contributed by atoms with Gasteiger partial charge in [-0.05, 0) is 59.0 Å². The molecule has 1 rings (SSSR count). The van der Waals surface area contributed by atoms with Crippen molar-refractivity contribution in [2.45, 2.75) is 52.6 Å². The average Bonchev–Trinajstić information content (AvgIpc) is 2.27. The second kappa shape index (κ2) is 6.98. The van der Waals surface area contributed by atoms with Crippen LogP contribution in [0.5, 0.6) is 0 Å². The number of carbonyl (C=O) groups is 1. The van der Waals surface area contributed by atoms with Gasteiger partial charge in [-0.15, -0.1) is 0 Å². The molecule has 0 aromatic heterocycles. The molecule has 1 N–H and O–H groups in total. The quantitative estimate of drug-likeness (QED) is 0.786. The second-order valence-electron chi connectivity index (χ2n) is 6.14. The van der Waals surface area contributed by atoms with E-state index in [9.17, 15) is 4.79 Å². The Morgan fingerprint density at radius 1 is 1.44 bits per heavy atom. The van der Waals surface area contributed by atoms with Crippen molar-refractivity contribution in [2.75, 3.05) is 26.2 Å². The van der Waals surface area contributed by atoms with E-state index in [1.165, 1.54) is 6.42 Å². The molecule has 0 aromatic rings. The van der Waals surface area contributed by atoms with E-state index < -0.39 is 5.60 Å². The summed E-state index contributed by atoms with van der Waals surface area (Å²) in [5.74, 6) is 0.567. The standard InChI is InChI=1S/C14H28N2O2/c1-5-8-15-10-12-7-6-9-16(11-12)13(17)18-14(2,3)4/h12,15H,5-11H2,1-4H3. The lowest BCUT2D eigenvalue weighted by molar-refractivity contribution is 0.0166. The Morgan fingerprint density at radius 3 is 2.78 bits per heavy atom. The Morgan fingerprint density at radius 2 is 2.17 bits per heavy atom. The fraction of sp³-hybridized carbons (Fsp3) is 0.929. The van der Waals surface area contributed by atoms with E-state index in [1.807, 2.05) is 25.7 Å². The van der Waals surface area contributed by atoms with Crippen LogP contribution in [-0.2, 0) is 4.74 Å². The van der Waals surface area contributed by atoms with Gasteiger partial charge in [0, 0.05) is 13.1 Å². The van der Waals surface area contributed by atoms with Gasteiger partial charge in [0.1, 0.15) is 5.60 Å². The lowest BCUT2D eigenvalue weighted by Gasteiger charge is -2.34. The number of carbonyl (C=O) groups excluding carboxylic acids is 1. The molecule has 0 saturated carbocycles. The Balaban J connectivity index is 2.36. The van der Waals surface area contributed by atoms with Crippen LogP contribution < -0.4 is 5.32 Å². The predicted molar refractivity (Wildman–Crippen MR) is 73.7 cm³/mol. The minimum absolute atomic E-state index is 0.164. The SMILES string of the molecule is CCCNCC1CCCN(C(=O)OC(C)(C)C)C1. The monoisotopic (exact) mass is 256 g/mol. The normalized spacial score (nSPS) is 20.9. The van der Waals surface area contributed by atoms with Gasteiger partial charge >= 0.3 is 6.09 Å². The molecule has 18 heavy (non-hydrogen) atoms. The molecule has 0 aromatic carbocycles. The number of piperidine rings is 1. The van der Waals surface area contributed by atoms with Crippen LogP contribution in [0, 0.1) is 5.92 Å². The van der Waals surface area contributed by atoms with Crippen LogP contribution in [0.3, 0.4) is 0 Å². The maximum atomic E-state index is 12.0. The summed E-state index contributed by atoms with van der Waals surface area (Å²) in [4.78, 5) is 13.8. The molecule has 1 atom stereocenters. The number of ether oxygens (including phenoxy) is 1. The maximum Gasteiger partial charge on any atom is 0.410 e. The molecule has 1 aliphatic rings. The molecule has 4 nitrogen and oxygen atoms in total. The van der Waals surface area contributed by atoms with E-state index in [2.05, 4.69) is 12.2 Å². The van der Waals surface area contributed by atoms with E-state index in [4.69, 9.17) is 4.74 Å². The van der Waals surface area contributed by atoms with Gasteiger partial charge in [0.15, 0.2) is 0 Å². The van der Waals surface area contributed by atoms with E-state index in [-0.39, 0.29) is 6.09 Å². The van der Waals surface area contributed by atoms with Crippen molar-refractivity contribution < 1.29 is 9.53 Å². The van der Waals surface area contributed by atoms with Crippen molar-refractivity contribution in [1.82, 2.24) is 10.2 Å². The van der Waals surface area contributed by atoms with Gasteiger partial charge in [0.05, 0.1) is 0 Å². The van der Waals surface area contributed by atoms with Crippen LogP contribution in [0.4, 0.5) is 4.79 Å². The molecule has 0 aliphatic carbocycles. The first-order valence-corrected chi connectivity index (χ1v) is 7.11. The number of hydrogen-bond acceptors (Lipinski definition) is 3. The molecule has 1 unspecified atom stereocenters. The summed E-state index contributed by atoms with van der Waals surface area (Å²) < 4.78 is 5.42. The molecular formula is C14H28N2O2. The summed E-state index contributed by atoms with van der Waals surface area (Å²) >= 11 is 0. The molecule has 1 fully saturated rings. The van der Waals surface area contributed by atoms with E-state index in [0.29, 0.717) is 5.92 Å². The van der Waals surface area contributed by atoms with E-state index in [1.54, 1.807) is 0 Å². The second-order valence-corrected chi connectivity index (χ2v) is 6.14. The molecule has 1 saturated heterocycles. The number of hydrogen-bond donors (Lipinski definition) is 1. The van der Waals surface area contributed by atoms with Crippen LogP contribution in [-0.4, -0.2) is 42.8 Å². The third-order valence-corrected chi connectivity index (χ3v) is 3.03. The Hall–Kier alpha value is -0.770. The fourth-order valence-corrected chi connectivity index (χ4v) is 2.21. The zero-order chi connectivity index (χ0) is 13.6. The topological polar surface area (TPSA) is 41.6 Å². The first kappa shape index (κ1) is 15.3. The van der Waals surface area contributed by atoms with E-state index >= 15 is 0 Å². The lowest BCUT2D eigenvalue weighted by Crippen LogP contribution is -2.45. The van der Waals surface area contributed by atoms with Crippen molar-refractivity contribution in [1.29, 1.82) is 0 Å². The highest BCUT2D eigenvalue weighted by atomic mass is 16.6. The molecule has 0 bridgehead atoms. The third-order valence-electron chi connectivity index (χ3n) is 3.03. The van der Waals surface area contributed by atoms with Crippen molar-refractivity contribution in [3.63, 3.8) is 0 Å². The Kier molecular flexibility index (Phi) is 5.93. The lowest BCUT2D eigenvalue weighted by atomic mass is 9.98. The summed E-state index contributed by atoms with van der Waals surface area (Å²) in [6.45, 7) is 11.6. The van der Waals surface area contributed by atoms with Crippen molar-refractivity contribution in [3.05, 3.63) is 0 Å². The molecule has 0 radical (unpaired) electrons. The van der Waals surface area contributed by atoms with Gasteiger partial charge in [-0.3, -0.25) is 0 Å². The fourth-order valence-electron chi connectivity index (χ4n) is 2.21. The highest BCUT2D eigenvalue weighted by Gasteiger charge is 2.27. The van der Waals surface area contributed by atoms with Crippen LogP contribution in [0.1, 0.15) is 47.0 Å². The van der Waals surface area contributed by atoms with Crippen LogP contribution in [0.2, 0.25) is 0 Å². The smallest absolute Gasteiger partial charge is 0.410 e. The van der Waals surface area contributed by atoms with Crippen molar-refractivity contribution in [3.8, 4) is 0 Å². The zero-order valence-electron chi connectivity index (χ0n) is 12.3. The first-order valence-electron chi connectivity index (χ1n) is 7.11. The van der Waals surface area contributed by atoms with E-state index in [0.717, 1.165) is 39.0 Å². The molecule has 1 heterocycles. The number of nitrogens with zero attached hydrogens (tertiary/aromatic N) is 1. The number of nitrogens with one attached hydrogen (secondary N) is 1. The Labute approximate surface area is 111 Å². The van der Waals surface area contributed by atoms with Crippen LogP contribution in [0.25, 0.3) is 0 Å². The molecule has 106 valence electrons. The number of amides is 1. The van der Waals surface area contributed by atoms with Gasteiger partial charge in [0.25, 0.3) is 0 Å². The number of likely N-dealkylation sites (tertiary alicyclic amines) is 1. The van der Waals surface area contributed by atoms with Crippen LogP contribution in [0.15, 0.2) is 0 Å². The summed E-state index contributed by atoms with van der Waals surface area (Å²) in [6.07, 6.45) is 3.28. The molecule has 1 amide bonds. The van der Waals surface area contributed by atoms with Crippen molar-refractivity contribution >= 4 is 6.09 Å². The Bertz CT molecular complexity index is 261. The predicted octanol–water partition coefficient (Wildman–Crippen LogP) is 2.63. The van der Waals surface area contributed by atoms with Gasteiger partial charge < -0.3 is 15.0 Å². The number of rotatable bonds is 4. The van der Waals surface area contributed by atoms with Gasteiger partial charge in [0.2, 0.25) is 0 Å². The first-order chi connectivity index (χ1) is 8.42. The van der Waals surface area contributed by atoms with Gasteiger partial charge in [-0.25, -0.2) is 4.79 Å². The molecule has 4 heteroatoms. The minimum atomic E-state index is -0.398.